The Hall–Kier alpha value is -9.58. The Morgan fingerprint density at radius 3 is 1.00 bits per heavy atom. The summed E-state index contributed by atoms with van der Waals surface area (Å²) in [5.74, 6) is -1.71. The van der Waals surface area contributed by atoms with Gasteiger partial charge in [-0.3, -0.25) is 38.6 Å². The smallest absolute Gasteiger partial charge is 0.418 e. The molecule has 780 valence electrons. The molecule has 10 N–H and O–H groups in total. The number of hydrogen-bond acceptors (Lipinski definition) is 30. The minimum atomic E-state index is -5.04. The summed E-state index contributed by atoms with van der Waals surface area (Å²) in [5, 5.41) is 38.1. The maximum Gasteiger partial charge on any atom is 0.418 e. The second-order valence-electron chi connectivity index (χ2n) is 38.3. The van der Waals surface area contributed by atoms with E-state index in [4.69, 9.17) is 25.1 Å². The number of quaternary nitrogens is 1. The van der Waals surface area contributed by atoms with Crippen LogP contribution >= 0.6 is 0 Å². The van der Waals surface area contributed by atoms with Crippen LogP contribution in [-0.4, -0.2) is 439 Å². The van der Waals surface area contributed by atoms with E-state index in [0.29, 0.717) is 94.2 Å². The lowest BCUT2D eigenvalue weighted by molar-refractivity contribution is -0.929. The normalized spacial score (nSPS) is 25.2. The van der Waals surface area contributed by atoms with Gasteiger partial charge in [0.1, 0.15) is 43.4 Å². The first kappa shape index (κ1) is 113. The van der Waals surface area contributed by atoms with Gasteiger partial charge in [0, 0.05) is 95.0 Å². The summed E-state index contributed by atoms with van der Waals surface area (Å²) in [6.45, 7) is 25.2. The minimum Gasteiger partial charge on any atom is -0.724 e. The number of nitrogens with two attached hydrogens (primary N) is 1. The minimum absolute atomic E-state index is 0.0476. The average Bonchev–Trinajstić information content (AvgIpc) is 1.66. The first-order valence-electron chi connectivity index (χ1n) is 49.8. The lowest BCUT2D eigenvalue weighted by Crippen LogP contribution is -2.54. The molecule has 47 nitrogen and oxygen atoms in total. The third-order valence-corrected chi connectivity index (χ3v) is 29.1. The summed E-state index contributed by atoms with van der Waals surface area (Å²) in [7, 11) is -3.67. The highest BCUT2D eigenvalue weighted by molar-refractivity contribution is 7.81. The fourth-order valence-corrected chi connectivity index (χ4v) is 21.3. The van der Waals surface area contributed by atoms with Crippen molar-refractivity contribution in [3.05, 3.63) is 71.8 Å². The summed E-state index contributed by atoms with van der Waals surface area (Å²) < 4.78 is 71.9. The molecule has 142 heavy (non-hydrogen) atoms. The summed E-state index contributed by atoms with van der Waals surface area (Å²) in [6.07, 6.45) is 24.4. The number of unbranched alkanes of at least 4 members (excludes halogenated alkanes) is 4. The molecule has 0 aliphatic carbocycles. The first-order chi connectivity index (χ1) is 68.1. The average molecular weight is 2030 g/mol. The fraction of sp³-hybridized carbons (Fsp3) is 0.708. The van der Waals surface area contributed by atoms with Crippen molar-refractivity contribution in [3.63, 3.8) is 0 Å². The van der Waals surface area contributed by atoms with E-state index in [1.807, 2.05) is 79.9 Å². The molecule has 10 atom stereocenters. The molecule has 53 heteroatoms. The van der Waals surface area contributed by atoms with E-state index >= 15 is 0 Å². The molecule has 17 rings (SSSR count). The van der Waals surface area contributed by atoms with Crippen LogP contribution in [0.4, 0.5) is 24.0 Å². The number of carboxylic acid groups (broad SMARTS) is 1. The standard InChI is InChI=1S/C19H24BN4O4.C16H36N.C13H14N2O4.C12H18BN4O7S.C12H18BN4O4.C11H18N4O6S.C6H12BN2O/c25-13-20-22-8-6-15(7-9-22)21-18(26)17-10-16-11-23(17)19(27)24(16)28-12-14-4-2-1-3-5-14;1-5-9-13-17(14-10-6-2,15-11-7-3)16-12-8-4;16-12(17)11-6-10-7-14(11)13(18)15(10)19-8-9-4-2-1-3-5-9;18-7-13-15-3-1-8(2-4-15)14-11(19)10-5-9-6-16(10)12(20)17(9)24-25(21,22)23;18-7-13-15-3-1-8(2-4-15)14-11(19)10-5-9-6-16(10)12(20)17(9)21;16-10(13-7-1-3-12-4-2-7)9-5-8-6-14(9)11(17)15(8)21-22(18,19)20;8-6-1-3-9(4-2-6)7-5-10/h1-5,13,15-17H,6-12H2,(H,21,26);5-16H2,1-4H3;1-5,10-11H,6-8H2,(H,16,17);7-10H,1-6H2,(H,14,19)(H,21,22,23);7-10,21H,1-6H2,(H,14,19);7-9,12H,1-6H2,(H,13,16)(H,18,19,20);5-6H,1-4,8H2/q;+1;;;;;/p-1/t16-,17+;;10-,11+;2*9-,10+;8-,9+;/m1.1111./s1. The molecule has 0 unspecified atom stereocenters. The Balaban J connectivity index is 0.000000161. The van der Waals surface area contributed by atoms with Crippen molar-refractivity contribution in [2.75, 3.05) is 124 Å². The lowest BCUT2D eigenvalue weighted by Gasteiger charge is -2.39. The number of amides is 14. The molecule has 15 aliphatic rings. The molecular weight excluding hydrogens is 1890 g/mol. The highest BCUT2D eigenvalue weighted by Gasteiger charge is 2.58. The van der Waals surface area contributed by atoms with E-state index in [-0.39, 0.29) is 104 Å². The third kappa shape index (κ3) is 31.7. The molecule has 0 spiro atoms. The van der Waals surface area contributed by atoms with E-state index in [1.165, 1.54) is 127 Å². The second kappa shape index (κ2) is 54.6. The van der Waals surface area contributed by atoms with Crippen LogP contribution in [0.1, 0.15) is 187 Å². The van der Waals surface area contributed by atoms with Gasteiger partial charge < -0.3 is 109 Å². The number of piperidine rings is 5. The Bertz CT molecular complexity index is 4710. The molecule has 0 saturated carbocycles. The van der Waals surface area contributed by atoms with Crippen LogP contribution < -0.4 is 32.3 Å². The summed E-state index contributed by atoms with van der Waals surface area (Å²) in [4.78, 5) is 188. The van der Waals surface area contributed by atoms with Crippen molar-refractivity contribution in [1.29, 1.82) is 0 Å². The maximum absolute atomic E-state index is 12.7. The number of hydrogen-bond donors (Lipinski definition) is 9. The number of aliphatic carboxylic acids is 1. The predicted molar refractivity (Wildman–Crippen MR) is 516 cm³/mol. The van der Waals surface area contributed by atoms with Gasteiger partial charge >= 0.3 is 46.5 Å². The molecular formula is C89H139B4N21O26S2. The van der Waals surface area contributed by atoms with Gasteiger partial charge in [-0.15, -0.1) is 4.28 Å². The van der Waals surface area contributed by atoms with Gasteiger partial charge in [-0.1, -0.05) is 114 Å². The quantitative estimate of drug-likeness (QED) is 0.0110. The third-order valence-electron chi connectivity index (χ3n) is 28.4. The topological polar surface area (TPSA) is 559 Å². The van der Waals surface area contributed by atoms with Crippen molar-refractivity contribution in [1.82, 2.24) is 95.6 Å². The van der Waals surface area contributed by atoms with E-state index in [2.05, 4.69) is 62.8 Å². The van der Waals surface area contributed by atoms with Gasteiger partial charge in [0.25, 0.3) is 29.7 Å². The Morgan fingerprint density at radius 1 is 0.430 bits per heavy atom. The highest BCUT2D eigenvalue weighted by Crippen LogP contribution is 2.38. The predicted octanol–water partition coefficient (Wildman–Crippen LogP) is 0.449. The van der Waals surface area contributed by atoms with Crippen LogP contribution in [0.25, 0.3) is 0 Å². The number of fused-ring (bicyclic) bond motifs is 10. The van der Waals surface area contributed by atoms with Crippen molar-refractivity contribution < 1.29 is 126 Å². The number of nitrogens with zero attached hydrogens (tertiary/aromatic N) is 15. The molecule has 2 aromatic rings. The maximum atomic E-state index is 12.7. The van der Waals surface area contributed by atoms with Crippen molar-refractivity contribution in [2.24, 2.45) is 5.73 Å². The van der Waals surface area contributed by atoms with Crippen LogP contribution in [0.2, 0.25) is 0 Å². The first-order valence-corrected chi connectivity index (χ1v) is 52.5. The fourth-order valence-electron chi connectivity index (χ4n) is 20.6. The summed E-state index contributed by atoms with van der Waals surface area (Å²) >= 11 is 0. The van der Waals surface area contributed by atoms with Gasteiger partial charge in [-0.05, 0) is 166 Å². The largest absolute Gasteiger partial charge is 0.724 e. The Morgan fingerprint density at radius 2 is 0.711 bits per heavy atom. The Labute approximate surface area is 833 Å². The second-order valence-corrected chi connectivity index (χ2v) is 40.3. The van der Waals surface area contributed by atoms with Gasteiger partial charge in [-0.25, -0.2) is 42.2 Å². The molecule has 4 radical (unpaired) electrons. The molecule has 0 aromatic heterocycles. The number of carboxylic acids is 1. The number of nitrogens with one attached hydrogen (secondary N) is 5. The van der Waals surface area contributed by atoms with E-state index in [0.717, 1.165) is 145 Å². The molecule has 15 aliphatic heterocycles. The van der Waals surface area contributed by atoms with Crippen molar-refractivity contribution in [2.45, 2.75) is 279 Å². The van der Waals surface area contributed by atoms with E-state index in [9.17, 15) is 93.7 Å². The highest BCUT2D eigenvalue weighted by atomic mass is 32.3. The Kier molecular flexibility index (Phi) is 43.3. The van der Waals surface area contributed by atoms with Crippen LogP contribution in [-0.2, 0) is 95.4 Å². The zero-order valence-corrected chi connectivity index (χ0v) is 83.1. The summed E-state index contributed by atoms with van der Waals surface area (Å²) in [6, 6.07) is 12.6. The number of benzene rings is 2. The zero-order chi connectivity index (χ0) is 102. The van der Waals surface area contributed by atoms with Crippen LogP contribution in [0, 0.1) is 0 Å². The number of hydroxylamine groups is 10. The molecule has 15 fully saturated rings. The zero-order valence-electron chi connectivity index (χ0n) is 81.5. The number of carbonyl (C=O) groups is 14. The van der Waals surface area contributed by atoms with E-state index < -0.39 is 87.2 Å². The van der Waals surface area contributed by atoms with Gasteiger partial charge in [0.05, 0.1) is 81.1 Å². The van der Waals surface area contributed by atoms with E-state index in [1.54, 1.807) is 19.7 Å². The lowest BCUT2D eigenvalue weighted by atomic mass is 9.89. The van der Waals surface area contributed by atoms with Gasteiger partial charge in [0.15, 0.2) is 0 Å². The SMILES string of the molecule is CCCC[N+](CCCC)(CCCC)CCCC.NC1CCN([B]C=O)CC1.O=C(NC1CCNCC1)[C@@H]1C[C@@H]2CN1C(=O)N2OS(=O)(=O)O.O=C(O)[C@@H]1C[C@@H]2CN1C(=O)N2OCc1ccccc1.O=C[B]N1CCC(NC(=O)[C@@H]2C[C@@H]3CN2C(=O)N3O)CC1.O=C[B]N1CCC(NC(=O)[C@@H]2C[C@@H]3CN2C(=O)N3OCc2ccccc2)CC1.O=C[B]N1CCC(NC(=O)[C@@H]2C[C@@H]3CN2C(=O)N3OS(=O)(=O)[O-])CC1. The summed E-state index contributed by atoms with van der Waals surface area (Å²) in [5.41, 5.74) is 7.64. The number of rotatable bonds is 39. The van der Waals surface area contributed by atoms with Gasteiger partial charge in [-0.2, -0.15) is 33.0 Å². The molecule has 15 saturated heterocycles. The number of urea groups is 5. The molecule has 15 heterocycles. The van der Waals surface area contributed by atoms with Crippen LogP contribution in [0.5, 0.6) is 0 Å². The monoisotopic (exact) mass is 2030 g/mol. The molecule has 14 amide bonds. The van der Waals surface area contributed by atoms with Crippen LogP contribution in [0.15, 0.2) is 60.7 Å². The van der Waals surface area contributed by atoms with Crippen molar-refractivity contribution in [3.8, 4) is 0 Å². The van der Waals surface area contributed by atoms with Crippen LogP contribution in [0.3, 0.4) is 0 Å². The van der Waals surface area contributed by atoms with Crippen molar-refractivity contribution >= 4 is 135 Å². The van der Waals surface area contributed by atoms with Gasteiger partial charge in [0.2, 0.25) is 34.0 Å². The number of carbonyl (C=O) groups excluding carboxylic acids is 13. The molecule has 10 bridgehead atoms. The molecule has 2 aromatic carbocycles.